The topological polar surface area (TPSA) is 55.8 Å². The summed E-state index contributed by atoms with van der Waals surface area (Å²) < 4.78 is 10.5. The van der Waals surface area contributed by atoms with Gasteiger partial charge in [0.05, 0.1) is 0 Å². The van der Waals surface area contributed by atoms with Crippen LogP contribution in [0, 0.1) is 0 Å². The van der Waals surface area contributed by atoms with Crippen molar-refractivity contribution in [3.63, 3.8) is 0 Å². The number of hydrogen-bond donors (Lipinski definition) is 1. The van der Waals surface area contributed by atoms with Crippen molar-refractivity contribution in [2.45, 2.75) is 32.5 Å². The number of benzene rings is 1. The lowest BCUT2D eigenvalue weighted by Gasteiger charge is -2.29. The highest BCUT2D eigenvalue weighted by Gasteiger charge is 2.31. The van der Waals surface area contributed by atoms with Gasteiger partial charge in [0.1, 0.15) is 18.0 Å². The van der Waals surface area contributed by atoms with Gasteiger partial charge in [0, 0.05) is 6.92 Å². The van der Waals surface area contributed by atoms with E-state index in [1.54, 1.807) is 44.2 Å². The van der Waals surface area contributed by atoms with E-state index >= 15 is 0 Å². The summed E-state index contributed by atoms with van der Waals surface area (Å²) in [6.07, 6.45) is 0.949. The summed E-state index contributed by atoms with van der Waals surface area (Å²) in [7, 11) is 0. The van der Waals surface area contributed by atoms with E-state index < -0.39 is 17.7 Å². The predicted molar refractivity (Wildman–Crippen MR) is 72.9 cm³/mol. The first-order valence-corrected chi connectivity index (χ1v) is 6.08. The molecule has 0 fully saturated rings. The van der Waals surface area contributed by atoms with Crippen LogP contribution in [0.15, 0.2) is 36.9 Å². The van der Waals surface area contributed by atoms with Crippen LogP contribution in [0.2, 0.25) is 0 Å². The van der Waals surface area contributed by atoms with E-state index in [0.717, 1.165) is 0 Å². The molecule has 1 rings (SSSR count). The summed E-state index contributed by atoms with van der Waals surface area (Å²) in [6, 6.07) is 7.07. The molecule has 1 atom stereocenters. The highest BCUT2D eigenvalue weighted by molar-refractivity contribution is 5.66. The minimum Gasteiger partial charge on any atom is -0.490 e. The first kappa shape index (κ1) is 15.2. The maximum atomic E-state index is 11.1. The fourth-order valence-corrected chi connectivity index (χ4v) is 1.68. The van der Waals surface area contributed by atoms with Gasteiger partial charge in [-0.3, -0.25) is 4.79 Å². The van der Waals surface area contributed by atoms with E-state index in [1.165, 1.54) is 6.92 Å². The van der Waals surface area contributed by atoms with Crippen LogP contribution >= 0.6 is 0 Å². The third-order valence-electron chi connectivity index (χ3n) is 2.48. The van der Waals surface area contributed by atoms with Crippen LogP contribution in [0.4, 0.5) is 0 Å². The first-order valence-electron chi connectivity index (χ1n) is 6.08. The van der Waals surface area contributed by atoms with Gasteiger partial charge >= 0.3 is 5.97 Å². The molecule has 0 aliphatic rings. The smallest absolute Gasteiger partial charge is 0.303 e. The van der Waals surface area contributed by atoms with Crippen LogP contribution < -0.4 is 4.74 Å². The molecule has 0 spiro atoms. The standard InChI is InChI=1S/C15H20O4/c1-5-10-18-13-8-6-12(7-9-13)14(15(3,4)17)19-11(2)16/h5-9,14,17H,1,10H2,2-4H3. The fourth-order valence-electron chi connectivity index (χ4n) is 1.68. The van der Waals surface area contributed by atoms with Crippen molar-refractivity contribution < 1.29 is 19.4 Å². The maximum absolute atomic E-state index is 11.1. The van der Waals surface area contributed by atoms with Crippen molar-refractivity contribution >= 4 is 5.97 Å². The third kappa shape index (κ3) is 4.75. The van der Waals surface area contributed by atoms with Crippen molar-refractivity contribution in [1.29, 1.82) is 0 Å². The third-order valence-corrected chi connectivity index (χ3v) is 2.48. The lowest BCUT2D eigenvalue weighted by atomic mass is 9.94. The molecule has 0 aliphatic carbocycles. The van der Waals surface area contributed by atoms with Crippen LogP contribution in [0.1, 0.15) is 32.4 Å². The van der Waals surface area contributed by atoms with E-state index in [2.05, 4.69) is 6.58 Å². The van der Waals surface area contributed by atoms with Gasteiger partial charge in [-0.1, -0.05) is 24.8 Å². The molecule has 104 valence electrons. The molecule has 1 unspecified atom stereocenters. The Bertz CT molecular complexity index is 428. The second-order valence-electron chi connectivity index (χ2n) is 4.81. The largest absolute Gasteiger partial charge is 0.490 e. The first-order chi connectivity index (χ1) is 8.84. The second-order valence-corrected chi connectivity index (χ2v) is 4.81. The summed E-state index contributed by atoms with van der Waals surface area (Å²) in [5.74, 6) is 0.264. The Hall–Kier alpha value is -1.81. The zero-order valence-electron chi connectivity index (χ0n) is 11.6. The molecule has 0 bridgehead atoms. The van der Waals surface area contributed by atoms with Gasteiger partial charge in [0.2, 0.25) is 0 Å². The number of ether oxygens (including phenoxy) is 2. The summed E-state index contributed by atoms with van der Waals surface area (Å²) in [4.78, 5) is 11.1. The van der Waals surface area contributed by atoms with E-state index in [0.29, 0.717) is 17.9 Å². The number of aliphatic hydroxyl groups is 1. The van der Waals surface area contributed by atoms with Gasteiger partial charge in [0.15, 0.2) is 6.10 Å². The minimum atomic E-state index is -1.16. The normalized spacial score (nSPS) is 12.6. The predicted octanol–water partition coefficient (Wildman–Crippen LogP) is 2.63. The van der Waals surface area contributed by atoms with Gasteiger partial charge in [-0.15, -0.1) is 0 Å². The number of carbonyl (C=O) groups excluding carboxylic acids is 1. The summed E-state index contributed by atoms with van der Waals surface area (Å²) in [6.45, 7) is 8.52. The quantitative estimate of drug-likeness (QED) is 0.634. The molecule has 0 saturated carbocycles. The Kier molecular flexibility index (Phi) is 5.12. The lowest BCUT2D eigenvalue weighted by Crippen LogP contribution is -2.32. The number of esters is 1. The molecular formula is C15H20O4. The lowest BCUT2D eigenvalue weighted by molar-refractivity contribution is -0.160. The molecule has 0 heterocycles. The van der Waals surface area contributed by atoms with E-state index in [1.807, 2.05) is 0 Å². The molecule has 1 N–H and O–H groups in total. The molecule has 4 nitrogen and oxygen atoms in total. The van der Waals surface area contributed by atoms with Gasteiger partial charge < -0.3 is 14.6 Å². The number of rotatable bonds is 6. The van der Waals surface area contributed by atoms with Gasteiger partial charge in [0.25, 0.3) is 0 Å². The Balaban J connectivity index is 2.91. The molecule has 0 aromatic heterocycles. The Morgan fingerprint density at radius 3 is 2.42 bits per heavy atom. The number of hydrogen-bond acceptors (Lipinski definition) is 4. The number of carbonyl (C=O) groups is 1. The van der Waals surface area contributed by atoms with E-state index in [-0.39, 0.29) is 0 Å². The van der Waals surface area contributed by atoms with Crippen molar-refractivity contribution in [1.82, 2.24) is 0 Å². The van der Waals surface area contributed by atoms with E-state index in [4.69, 9.17) is 9.47 Å². The molecule has 0 amide bonds. The van der Waals surface area contributed by atoms with Crippen LogP contribution in [0.3, 0.4) is 0 Å². The molecule has 0 aliphatic heterocycles. The molecule has 19 heavy (non-hydrogen) atoms. The average molecular weight is 264 g/mol. The highest BCUT2D eigenvalue weighted by atomic mass is 16.6. The zero-order valence-corrected chi connectivity index (χ0v) is 11.6. The SMILES string of the molecule is C=CCOc1ccc(C(OC(C)=O)C(C)(C)O)cc1. The fraction of sp³-hybridized carbons (Fsp3) is 0.400. The van der Waals surface area contributed by atoms with E-state index in [9.17, 15) is 9.90 Å². The Morgan fingerprint density at radius 2 is 2.00 bits per heavy atom. The second kappa shape index (κ2) is 6.38. The molecule has 0 radical (unpaired) electrons. The van der Waals surface area contributed by atoms with Crippen molar-refractivity contribution in [2.75, 3.05) is 6.61 Å². The van der Waals surface area contributed by atoms with Crippen molar-refractivity contribution in [2.24, 2.45) is 0 Å². The van der Waals surface area contributed by atoms with Gasteiger partial charge in [-0.25, -0.2) is 0 Å². The molecule has 4 heteroatoms. The minimum absolute atomic E-state index is 0.429. The van der Waals surface area contributed by atoms with Crippen molar-refractivity contribution in [3.8, 4) is 5.75 Å². The molecule has 1 aromatic rings. The molecular weight excluding hydrogens is 244 g/mol. The summed E-state index contributed by atoms with van der Waals surface area (Å²) in [5, 5.41) is 10.1. The van der Waals surface area contributed by atoms with Crippen LogP contribution in [0.5, 0.6) is 5.75 Å². The summed E-state index contributed by atoms with van der Waals surface area (Å²) >= 11 is 0. The van der Waals surface area contributed by atoms with Gasteiger partial charge in [-0.05, 0) is 31.5 Å². The average Bonchev–Trinajstić information content (AvgIpc) is 2.33. The maximum Gasteiger partial charge on any atom is 0.303 e. The van der Waals surface area contributed by atoms with Crippen LogP contribution in [0.25, 0.3) is 0 Å². The highest BCUT2D eigenvalue weighted by Crippen LogP contribution is 2.30. The monoisotopic (exact) mass is 264 g/mol. The Labute approximate surface area is 113 Å². The molecule has 1 aromatic carbocycles. The van der Waals surface area contributed by atoms with Crippen LogP contribution in [-0.2, 0) is 9.53 Å². The zero-order chi connectivity index (χ0) is 14.5. The Morgan fingerprint density at radius 1 is 1.42 bits per heavy atom. The summed E-state index contributed by atoms with van der Waals surface area (Å²) in [5.41, 5.74) is -0.441. The van der Waals surface area contributed by atoms with Crippen LogP contribution in [-0.4, -0.2) is 23.3 Å². The van der Waals surface area contributed by atoms with Gasteiger partial charge in [-0.2, -0.15) is 0 Å². The molecule has 0 saturated heterocycles. The van der Waals surface area contributed by atoms with Crippen molar-refractivity contribution in [3.05, 3.63) is 42.5 Å².